The summed E-state index contributed by atoms with van der Waals surface area (Å²) in [6, 6.07) is 0. The zero-order chi connectivity index (χ0) is 17.5. The van der Waals surface area contributed by atoms with E-state index in [0.29, 0.717) is 19.5 Å². The predicted molar refractivity (Wildman–Crippen MR) is 76.0 cm³/mol. The summed E-state index contributed by atoms with van der Waals surface area (Å²) in [5, 5.41) is 43.2. The Labute approximate surface area is 135 Å². The molecule has 0 saturated heterocycles. The predicted octanol–water partition coefficient (Wildman–Crippen LogP) is -3.12. The zero-order valence-corrected chi connectivity index (χ0v) is 12.6. The highest BCUT2D eigenvalue weighted by Crippen LogP contribution is 2.02. The summed E-state index contributed by atoms with van der Waals surface area (Å²) < 4.78 is 2.80. The van der Waals surface area contributed by atoms with Gasteiger partial charge in [-0.2, -0.15) is 20.4 Å². The number of nitrogens with zero attached hydrogens (tertiary/aromatic N) is 5. The SMILES string of the molecule is O=C(CCCn1ccnc1[NH+]([O-])O)NCCn1cnc([NH+]([O-])O)n1. The van der Waals surface area contributed by atoms with E-state index < -0.39 is 10.5 Å². The van der Waals surface area contributed by atoms with Gasteiger partial charge in [-0.05, 0) is 6.42 Å². The van der Waals surface area contributed by atoms with Crippen LogP contribution in [0.2, 0.25) is 0 Å². The average molecular weight is 342 g/mol. The van der Waals surface area contributed by atoms with Crippen LogP contribution in [0.1, 0.15) is 12.8 Å². The molecule has 1 amide bonds. The maximum atomic E-state index is 11.7. The van der Waals surface area contributed by atoms with Crippen LogP contribution < -0.4 is 15.8 Å². The minimum atomic E-state index is -1.21. The van der Waals surface area contributed by atoms with Crippen LogP contribution in [0.4, 0.5) is 11.9 Å². The molecule has 0 aliphatic rings. The van der Waals surface area contributed by atoms with E-state index in [0.717, 1.165) is 0 Å². The third-order valence-corrected chi connectivity index (χ3v) is 3.10. The Morgan fingerprint density at radius 3 is 2.71 bits per heavy atom. The van der Waals surface area contributed by atoms with Crippen LogP contribution in [0.25, 0.3) is 0 Å². The van der Waals surface area contributed by atoms with Gasteiger partial charge in [0.05, 0.1) is 12.7 Å². The van der Waals surface area contributed by atoms with Gasteiger partial charge in [-0.25, -0.2) is 15.1 Å². The Morgan fingerprint density at radius 2 is 2.04 bits per heavy atom. The van der Waals surface area contributed by atoms with Crippen molar-refractivity contribution in [3.8, 4) is 0 Å². The third-order valence-electron chi connectivity index (χ3n) is 3.10. The normalized spacial score (nSPS) is 13.7. The average Bonchev–Trinajstić information content (AvgIpc) is 3.16. The molecule has 0 saturated carbocycles. The first-order valence-electron chi connectivity index (χ1n) is 7.11. The van der Waals surface area contributed by atoms with Crippen molar-refractivity contribution in [3.05, 3.63) is 29.1 Å². The second kappa shape index (κ2) is 8.44. The summed E-state index contributed by atoms with van der Waals surface area (Å²) in [5.41, 5.74) is 0. The summed E-state index contributed by atoms with van der Waals surface area (Å²) >= 11 is 0. The molecule has 2 atom stereocenters. The first-order chi connectivity index (χ1) is 11.5. The first kappa shape index (κ1) is 17.9. The van der Waals surface area contributed by atoms with Gasteiger partial charge >= 0.3 is 11.9 Å². The van der Waals surface area contributed by atoms with E-state index in [-0.39, 0.29) is 30.8 Å². The third kappa shape index (κ3) is 5.05. The van der Waals surface area contributed by atoms with Gasteiger partial charge in [-0.1, -0.05) is 5.10 Å². The van der Waals surface area contributed by atoms with E-state index >= 15 is 0 Å². The highest BCUT2D eigenvalue weighted by atomic mass is 16.8. The van der Waals surface area contributed by atoms with E-state index in [1.54, 1.807) is 6.20 Å². The number of carbonyl (C=O) groups is 1. The van der Waals surface area contributed by atoms with Crippen molar-refractivity contribution >= 4 is 17.8 Å². The monoisotopic (exact) mass is 342 g/mol. The van der Waals surface area contributed by atoms with Crippen molar-refractivity contribution < 1.29 is 25.7 Å². The van der Waals surface area contributed by atoms with Crippen molar-refractivity contribution in [3.63, 3.8) is 0 Å². The second-order valence-electron chi connectivity index (χ2n) is 4.84. The minimum Gasteiger partial charge on any atom is -0.592 e. The van der Waals surface area contributed by atoms with Gasteiger partial charge in [0.2, 0.25) is 5.91 Å². The molecular weight excluding hydrogens is 324 g/mol. The number of aryl methyl sites for hydroxylation is 1. The van der Waals surface area contributed by atoms with E-state index in [1.165, 1.54) is 21.8 Å². The van der Waals surface area contributed by atoms with Crippen LogP contribution in [-0.4, -0.2) is 47.2 Å². The lowest BCUT2D eigenvalue weighted by Crippen LogP contribution is -3.00. The van der Waals surface area contributed by atoms with Gasteiger partial charge in [-0.15, -0.1) is 0 Å². The lowest BCUT2D eigenvalue weighted by molar-refractivity contribution is -0.995. The molecule has 2 aromatic heterocycles. The second-order valence-corrected chi connectivity index (χ2v) is 4.84. The smallest absolute Gasteiger partial charge is 0.379 e. The molecule has 0 aliphatic heterocycles. The van der Waals surface area contributed by atoms with Gasteiger partial charge in [0.15, 0.2) is 0 Å². The van der Waals surface area contributed by atoms with Crippen molar-refractivity contribution in [2.75, 3.05) is 6.54 Å². The molecule has 0 bridgehead atoms. The van der Waals surface area contributed by atoms with Gasteiger partial charge < -0.3 is 15.7 Å². The molecule has 5 N–H and O–H groups in total. The largest absolute Gasteiger partial charge is 0.592 e. The highest BCUT2D eigenvalue weighted by Gasteiger charge is 2.10. The maximum absolute atomic E-state index is 11.7. The van der Waals surface area contributed by atoms with Gasteiger partial charge in [0, 0.05) is 25.7 Å². The summed E-state index contributed by atoms with van der Waals surface area (Å²) in [6.07, 6.45) is 4.92. The molecule has 0 spiro atoms. The topological polar surface area (TPSA) is 173 Å². The zero-order valence-electron chi connectivity index (χ0n) is 12.6. The maximum Gasteiger partial charge on any atom is 0.379 e. The molecule has 0 radical (unpaired) electrons. The molecule has 0 aromatic carbocycles. The fourth-order valence-corrected chi connectivity index (χ4v) is 2.00. The number of aromatic nitrogens is 5. The molecule has 132 valence electrons. The molecule has 13 heteroatoms. The molecule has 2 heterocycles. The van der Waals surface area contributed by atoms with Gasteiger partial charge in [0.1, 0.15) is 6.33 Å². The molecule has 0 aliphatic carbocycles. The number of quaternary nitrogens is 2. The summed E-state index contributed by atoms with van der Waals surface area (Å²) in [5.74, 6) is -0.544. The van der Waals surface area contributed by atoms with Crippen LogP contribution in [0.5, 0.6) is 0 Å². The van der Waals surface area contributed by atoms with Gasteiger partial charge in [0.25, 0.3) is 0 Å². The fourth-order valence-electron chi connectivity index (χ4n) is 2.00. The molecule has 13 nitrogen and oxygen atoms in total. The number of hydrogen-bond donors (Lipinski definition) is 5. The lowest BCUT2D eigenvalue weighted by Gasteiger charge is -2.12. The summed E-state index contributed by atoms with van der Waals surface area (Å²) in [4.78, 5) is 19.0. The summed E-state index contributed by atoms with van der Waals surface area (Å²) in [7, 11) is 0. The molecule has 2 rings (SSSR count). The standard InChI is InChI=1S/C11H18N8O5/c20-9(2-1-5-16-6-3-13-11(16)19(23)24)12-4-7-17-8-14-10(15-17)18(21)22/h3,6,8,18-19,21,23H,1-2,4-5,7H2,(H,12,20). The molecule has 0 fully saturated rings. The Morgan fingerprint density at radius 1 is 1.25 bits per heavy atom. The quantitative estimate of drug-likeness (QED) is 0.298. The highest BCUT2D eigenvalue weighted by molar-refractivity contribution is 5.75. The van der Waals surface area contributed by atoms with Crippen LogP contribution in [-0.2, 0) is 17.9 Å². The first-order valence-corrected chi connectivity index (χ1v) is 7.11. The molecule has 2 aromatic rings. The van der Waals surface area contributed by atoms with E-state index in [1.807, 2.05) is 0 Å². The molecule has 24 heavy (non-hydrogen) atoms. The van der Waals surface area contributed by atoms with Crippen molar-refractivity contribution in [1.29, 1.82) is 0 Å². The van der Waals surface area contributed by atoms with Crippen LogP contribution in [0.3, 0.4) is 0 Å². The number of carbonyl (C=O) groups excluding carboxylic acids is 1. The Balaban J connectivity index is 1.65. The molecular formula is C11H18N8O5. The van der Waals surface area contributed by atoms with Crippen LogP contribution in [0.15, 0.2) is 18.7 Å². The summed E-state index contributed by atoms with van der Waals surface area (Å²) in [6.45, 7) is 0.962. The number of rotatable bonds is 9. The van der Waals surface area contributed by atoms with E-state index in [2.05, 4.69) is 20.4 Å². The van der Waals surface area contributed by atoms with Crippen molar-refractivity contribution in [2.45, 2.75) is 25.9 Å². The van der Waals surface area contributed by atoms with Crippen LogP contribution >= 0.6 is 0 Å². The minimum absolute atomic E-state index is 0.0594. The molecule has 2 unspecified atom stereocenters. The fraction of sp³-hybridized carbons (Fsp3) is 0.455. The number of hydrogen-bond acceptors (Lipinski definition) is 8. The number of nitrogens with one attached hydrogen (secondary N) is 3. The number of imidazole rings is 1. The van der Waals surface area contributed by atoms with Crippen molar-refractivity contribution in [2.24, 2.45) is 0 Å². The lowest BCUT2D eigenvalue weighted by atomic mass is 10.3. The van der Waals surface area contributed by atoms with Crippen LogP contribution in [0, 0.1) is 10.4 Å². The Hall–Kier alpha value is -2.42. The number of amides is 1. The van der Waals surface area contributed by atoms with E-state index in [9.17, 15) is 15.2 Å². The Kier molecular flexibility index (Phi) is 6.30. The van der Waals surface area contributed by atoms with E-state index in [4.69, 9.17) is 10.4 Å². The van der Waals surface area contributed by atoms with Crippen molar-refractivity contribution in [1.82, 2.24) is 29.6 Å². The Bertz CT molecular complexity index is 654. The van der Waals surface area contributed by atoms with Gasteiger partial charge in [-0.3, -0.25) is 9.36 Å².